The number of imidazole rings is 1. The predicted molar refractivity (Wildman–Crippen MR) is 73.4 cm³/mol. The zero-order valence-electron chi connectivity index (χ0n) is 9.46. The van der Waals surface area contributed by atoms with Crippen LogP contribution in [-0.4, -0.2) is 9.55 Å². The number of fused-ring (bicyclic) bond motifs is 1. The van der Waals surface area contributed by atoms with Gasteiger partial charge < -0.3 is 4.57 Å². The summed E-state index contributed by atoms with van der Waals surface area (Å²) in [5, 5.41) is 0. The number of nitrogens with zero attached hydrogens (tertiary/aromatic N) is 2. The Labute approximate surface area is 105 Å². The third kappa shape index (κ3) is 1.72. The van der Waals surface area contributed by atoms with Gasteiger partial charge in [-0.2, -0.15) is 0 Å². The van der Waals surface area contributed by atoms with E-state index >= 15 is 0 Å². The average molecular weight is 240 g/mol. The largest absolute Gasteiger partial charge is 0.327 e. The van der Waals surface area contributed by atoms with Crippen molar-refractivity contribution in [3.05, 3.63) is 48.5 Å². The van der Waals surface area contributed by atoms with Crippen molar-refractivity contribution < 1.29 is 0 Å². The van der Waals surface area contributed by atoms with Crippen molar-refractivity contribution >= 4 is 23.7 Å². The third-order valence-electron chi connectivity index (χ3n) is 2.90. The van der Waals surface area contributed by atoms with Crippen LogP contribution in [-0.2, 0) is 7.05 Å². The first-order valence-corrected chi connectivity index (χ1v) is 5.91. The van der Waals surface area contributed by atoms with Gasteiger partial charge in [-0.05, 0) is 18.2 Å². The van der Waals surface area contributed by atoms with Crippen LogP contribution in [0.1, 0.15) is 0 Å². The molecule has 17 heavy (non-hydrogen) atoms. The maximum Gasteiger partial charge on any atom is 0.140 e. The van der Waals surface area contributed by atoms with Crippen molar-refractivity contribution in [3.8, 4) is 11.4 Å². The van der Waals surface area contributed by atoms with E-state index in [1.54, 1.807) is 0 Å². The molecule has 1 aromatic heterocycles. The van der Waals surface area contributed by atoms with Crippen molar-refractivity contribution in [2.24, 2.45) is 7.05 Å². The van der Waals surface area contributed by atoms with Crippen molar-refractivity contribution in [2.75, 3.05) is 0 Å². The van der Waals surface area contributed by atoms with Gasteiger partial charge in [-0.3, -0.25) is 0 Å². The van der Waals surface area contributed by atoms with Gasteiger partial charge in [0.05, 0.1) is 11.0 Å². The monoisotopic (exact) mass is 240 g/mol. The van der Waals surface area contributed by atoms with Crippen LogP contribution in [0.3, 0.4) is 0 Å². The zero-order valence-corrected chi connectivity index (χ0v) is 10.4. The molecule has 0 aliphatic carbocycles. The Bertz CT molecular complexity index is 671. The van der Waals surface area contributed by atoms with Gasteiger partial charge in [0.25, 0.3) is 0 Å². The molecule has 0 unspecified atom stereocenters. The van der Waals surface area contributed by atoms with Gasteiger partial charge in [0.1, 0.15) is 5.82 Å². The second-order valence-electron chi connectivity index (χ2n) is 4.03. The van der Waals surface area contributed by atoms with Crippen molar-refractivity contribution in [1.82, 2.24) is 9.55 Å². The van der Waals surface area contributed by atoms with Crippen LogP contribution < -0.4 is 0 Å². The first-order chi connectivity index (χ1) is 8.25. The summed E-state index contributed by atoms with van der Waals surface area (Å²) in [6.45, 7) is 0. The summed E-state index contributed by atoms with van der Waals surface area (Å²) in [4.78, 5) is 5.60. The number of hydrogen-bond donors (Lipinski definition) is 1. The topological polar surface area (TPSA) is 17.8 Å². The van der Waals surface area contributed by atoms with E-state index in [0.29, 0.717) is 0 Å². The van der Waals surface area contributed by atoms with Crippen LogP contribution in [0, 0.1) is 0 Å². The molecule has 0 spiro atoms. The lowest BCUT2D eigenvalue weighted by Crippen LogP contribution is -1.91. The van der Waals surface area contributed by atoms with Gasteiger partial charge in [-0.1, -0.05) is 30.3 Å². The molecule has 2 aromatic carbocycles. The predicted octanol–water partition coefficient (Wildman–Crippen LogP) is 3.53. The number of aromatic nitrogens is 2. The van der Waals surface area contributed by atoms with Crippen LogP contribution in [0.25, 0.3) is 22.4 Å². The molecule has 0 aliphatic heterocycles. The molecule has 0 atom stereocenters. The Balaban J connectivity index is 2.28. The fraction of sp³-hybridized carbons (Fsp3) is 0.0714. The first-order valence-electron chi connectivity index (χ1n) is 5.46. The van der Waals surface area contributed by atoms with E-state index in [2.05, 4.69) is 40.4 Å². The summed E-state index contributed by atoms with van der Waals surface area (Å²) in [6, 6.07) is 16.2. The van der Waals surface area contributed by atoms with Gasteiger partial charge in [-0.15, -0.1) is 12.6 Å². The summed E-state index contributed by atoms with van der Waals surface area (Å²) in [7, 11) is 2.04. The van der Waals surface area contributed by atoms with Crippen molar-refractivity contribution in [2.45, 2.75) is 4.90 Å². The lowest BCUT2D eigenvalue weighted by Gasteiger charge is -2.01. The fourth-order valence-corrected chi connectivity index (χ4v) is 2.23. The summed E-state index contributed by atoms with van der Waals surface area (Å²) >= 11 is 4.34. The molecule has 3 aromatic rings. The van der Waals surface area contributed by atoms with E-state index < -0.39 is 0 Å². The number of hydrogen-bond acceptors (Lipinski definition) is 2. The van der Waals surface area contributed by atoms with Crippen LogP contribution >= 0.6 is 12.6 Å². The minimum absolute atomic E-state index is 0.940. The molecule has 0 radical (unpaired) electrons. The van der Waals surface area contributed by atoms with Gasteiger partial charge in [0.15, 0.2) is 0 Å². The molecule has 0 saturated heterocycles. The number of aryl methyl sites for hydroxylation is 1. The van der Waals surface area contributed by atoms with E-state index in [9.17, 15) is 0 Å². The molecule has 3 heteroatoms. The molecule has 0 saturated carbocycles. The molecule has 84 valence electrons. The second kappa shape index (κ2) is 3.93. The standard InChI is InChI=1S/C14H12N2S/c1-16-13-8-7-11(17)9-12(13)15-14(16)10-5-3-2-4-6-10/h2-9,17H,1H3. The van der Waals surface area contributed by atoms with Gasteiger partial charge in [0, 0.05) is 17.5 Å². The highest BCUT2D eigenvalue weighted by molar-refractivity contribution is 7.80. The lowest BCUT2D eigenvalue weighted by atomic mass is 10.2. The molecule has 0 N–H and O–H groups in total. The molecular weight excluding hydrogens is 228 g/mol. The smallest absolute Gasteiger partial charge is 0.140 e. The maximum atomic E-state index is 4.66. The number of rotatable bonds is 1. The number of benzene rings is 2. The highest BCUT2D eigenvalue weighted by Crippen LogP contribution is 2.24. The summed E-state index contributed by atoms with van der Waals surface area (Å²) in [5.41, 5.74) is 3.24. The van der Waals surface area contributed by atoms with Crippen molar-refractivity contribution in [1.29, 1.82) is 0 Å². The molecule has 0 fully saturated rings. The van der Waals surface area contributed by atoms with Crippen LogP contribution in [0.15, 0.2) is 53.4 Å². The molecule has 0 amide bonds. The van der Waals surface area contributed by atoms with E-state index in [1.807, 2.05) is 37.4 Å². The molecular formula is C14H12N2S. The Morgan fingerprint density at radius 2 is 1.82 bits per heavy atom. The highest BCUT2D eigenvalue weighted by atomic mass is 32.1. The molecule has 0 bridgehead atoms. The molecule has 1 heterocycles. The Kier molecular flexibility index (Phi) is 2.41. The van der Waals surface area contributed by atoms with Crippen LogP contribution in [0.2, 0.25) is 0 Å². The lowest BCUT2D eigenvalue weighted by molar-refractivity contribution is 0.959. The quantitative estimate of drug-likeness (QED) is 0.644. The third-order valence-corrected chi connectivity index (χ3v) is 3.17. The Hall–Kier alpha value is -1.74. The maximum absolute atomic E-state index is 4.66. The first kappa shape index (κ1) is 10.4. The summed E-state index contributed by atoms with van der Waals surface area (Å²) < 4.78 is 2.11. The van der Waals surface area contributed by atoms with Crippen molar-refractivity contribution in [3.63, 3.8) is 0 Å². The van der Waals surface area contributed by atoms with Gasteiger partial charge in [-0.25, -0.2) is 4.98 Å². The molecule has 3 rings (SSSR count). The van der Waals surface area contributed by atoms with Gasteiger partial charge in [0.2, 0.25) is 0 Å². The molecule has 0 aliphatic rings. The minimum atomic E-state index is 0.940. The van der Waals surface area contributed by atoms with E-state index in [4.69, 9.17) is 0 Å². The van der Waals surface area contributed by atoms with E-state index in [0.717, 1.165) is 27.3 Å². The minimum Gasteiger partial charge on any atom is -0.327 e. The fourth-order valence-electron chi connectivity index (χ4n) is 2.03. The average Bonchev–Trinajstić information content (AvgIpc) is 2.67. The second-order valence-corrected chi connectivity index (χ2v) is 4.55. The summed E-state index contributed by atoms with van der Waals surface area (Å²) in [6.07, 6.45) is 0. The van der Waals surface area contributed by atoms with Gasteiger partial charge >= 0.3 is 0 Å². The SMILES string of the molecule is Cn1c(-c2ccccc2)nc2cc(S)ccc21. The van der Waals surface area contributed by atoms with E-state index in [-0.39, 0.29) is 0 Å². The van der Waals surface area contributed by atoms with E-state index in [1.165, 1.54) is 0 Å². The van der Waals surface area contributed by atoms with Crippen LogP contribution in [0.5, 0.6) is 0 Å². The number of thiol groups is 1. The van der Waals surface area contributed by atoms with Crippen LogP contribution in [0.4, 0.5) is 0 Å². The Morgan fingerprint density at radius 1 is 1.06 bits per heavy atom. The molecule has 2 nitrogen and oxygen atoms in total. The Morgan fingerprint density at radius 3 is 2.59 bits per heavy atom. The highest BCUT2D eigenvalue weighted by Gasteiger charge is 2.08. The normalized spacial score (nSPS) is 10.9. The zero-order chi connectivity index (χ0) is 11.8. The summed E-state index contributed by atoms with van der Waals surface area (Å²) in [5.74, 6) is 0.986.